The third kappa shape index (κ3) is 3.64. The number of fused-ring (bicyclic) bond motifs is 3. The van der Waals surface area contributed by atoms with Crippen LogP contribution in [-0.4, -0.2) is 31.5 Å². The Labute approximate surface area is 171 Å². The van der Waals surface area contributed by atoms with Gasteiger partial charge in [0.25, 0.3) is 0 Å². The lowest BCUT2D eigenvalue weighted by atomic mass is 9.74. The van der Waals surface area contributed by atoms with Crippen LogP contribution in [0.5, 0.6) is 5.75 Å². The van der Waals surface area contributed by atoms with Crippen molar-refractivity contribution in [2.75, 3.05) is 20.6 Å². The van der Waals surface area contributed by atoms with Crippen LogP contribution in [0.1, 0.15) is 40.3 Å². The number of rotatable bonds is 5. The summed E-state index contributed by atoms with van der Waals surface area (Å²) in [7, 11) is 3.98. The SMILES string of the molecule is Cc1cc(OCc2ccccc2F)c(C)c2c1CC[C@H]1C(CN(C)C)C(=O)OC21. The highest BCUT2D eigenvalue weighted by Gasteiger charge is 2.48. The van der Waals surface area contributed by atoms with Crippen molar-refractivity contribution >= 4 is 5.97 Å². The Morgan fingerprint density at radius 2 is 2.00 bits per heavy atom. The van der Waals surface area contributed by atoms with Crippen molar-refractivity contribution in [2.45, 2.75) is 39.4 Å². The van der Waals surface area contributed by atoms with Gasteiger partial charge < -0.3 is 14.4 Å². The van der Waals surface area contributed by atoms with E-state index in [1.165, 1.54) is 11.6 Å². The number of nitrogens with zero attached hydrogens (tertiary/aromatic N) is 1. The fourth-order valence-electron chi connectivity index (χ4n) is 4.83. The van der Waals surface area contributed by atoms with E-state index < -0.39 is 0 Å². The van der Waals surface area contributed by atoms with E-state index in [2.05, 4.69) is 11.8 Å². The molecule has 154 valence electrons. The number of hydrogen-bond acceptors (Lipinski definition) is 4. The molecule has 0 bridgehead atoms. The summed E-state index contributed by atoms with van der Waals surface area (Å²) in [5.41, 5.74) is 5.02. The van der Waals surface area contributed by atoms with Gasteiger partial charge in [-0.15, -0.1) is 0 Å². The molecule has 0 aromatic heterocycles. The molecule has 1 heterocycles. The molecule has 29 heavy (non-hydrogen) atoms. The molecule has 2 aromatic rings. The van der Waals surface area contributed by atoms with Gasteiger partial charge in [-0.1, -0.05) is 18.2 Å². The first-order valence-corrected chi connectivity index (χ1v) is 10.2. The minimum Gasteiger partial charge on any atom is -0.489 e. The summed E-state index contributed by atoms with van der Waals surface area (Å²) < 4.78 is 25.9. The zero-order valence-corrected chi connectivity index (χ0v) is 17.5. The van der Waals surface area contributed by atoms with Crippen LogP contribution in [0.15, 0.2) is 30.3 Å². The maximum atomic E-state index is 14.0. The highest BCUT2D eigenvalue weighted by atomic mass is 19.1. The lowest BCUT2D eigenvalue weighted by molar-refractivity contribution is -0.144. The largest absolute Gasteiger partial charge is 0.489 e. The van der Waals surface area contributed by atoms with Crippen molar-refractivity contribution in [3.05, 3.63) is 64.0 Å². The molecule has 0 saturated carbocycles. The fraction of sp³-hybridized carbons (Fsp3) is 0.458. The summed E-state index contributed by atoms with van der Waals surface area (Å²) in [6, 6.07) is 8.68. The minimum atomic E-state index is -0.267. The molecule has 5 heteroatoms. The van der Waals surface area contributed by atoms with Crippen LogP contribution < -0.4 is 4.74 Å². The topological polar surface area (TPSA) is 38.8 Å². The Hall–Kier alpha value is -2.40. The number of aryl methyl sites for hydroxylation is 1. The second kappa shape index (κ2) is 7.79. The van der Waals surface area contributed by atoms with Crippen molar-refractivity contribution in [3.63, 3.8) is 0 Å². The number of benzene rings is 2. The minimum absolute atomic E-state index is 0.0918. The molecule has 0 amide bonds. The number of carbonyl (C=O) groups excluding carboxylic acids is 1. The van der Waals surface area contributed by atoms with Gasteiger partial charge in [-0.2, -0.15) is 0 Å². The first-order chi connectivity index (χ1) is 13.9. The van der Waals surface area contributed by atoms with Crippen molar-refractivity contribution in [1.29, 1.82) is 0 Å². The van der Waals surface area contributed by atoms with Gasteiger partial charge in [0.05, 0.1) is 5.92 Å². The zero-order chi connectivity index (χ0) is 20.7. The molecule has 2 aromatic carbocycles. The van der Waals surface area contributed by atoms with Gasteiger partial charge in [-0.05, 0) is 69.6 Å². The molecule has 1 fully saturated rings. The first-order valence-electron chi connectivity index (χ1n) is 10.2. The molecule has 4 rings (SSSR count). The van der Waals surface area contributed by atoms with Crippen LogP contribution in [-0.2, 0) is 22.6 Å². The molecule has 1 aliphatic heterocycles. The highest BCUT2D eigenvalue weighted by Crippen LogP contribution is 2.50. The maximum Gasteiger partial charge on any atom is 0.311 e. The van der Waals surface area contributed by atoms with E-state index in [1.807, 2.05) is 27.1 Å². The van der Waals surface area contributed by atoms with E-state index in [0.29, 0.717) is 12.1 Å². The molecule has 2 unspecified atom stereocenters. The first kappa shape index (κ1) is 19.9. The Kier molecular flexibility index (Phi) is 5.34. The van der Waals surface area contributed by atoms with Crippen molar-refractivity contribution in [2.24, 2.45) is 11.8 Å². The molecule has 1 aliphatic carbocycles. The van der Waals surface area contributed by atoms with E-state index in [0.717, 1.165) is 35.3 Å². The van der Waals surface area contributed by atoms with Gasteiger partial charge in [0.1, 0.15) is 24.3 Å². The standard InChI is InChI=1S/C24H28FNO3/c1-14-11-21(28-13-16-7-5-6-8-20(16)25)15(2)22-17(14)9-10-18-19(12-26(3)4)24(27)29-23(18)22/h5-8,11,18-19,23H,9-10,12-13H2,1-4H3/t18-,19?,23?/m0/s1. The lowest BCUT2D eigenvalue weighted by Gasteiger charge is -2.32. The number of hydrogen-bond donors (Lipinski definition) is 0. The van der Waals surface area contributed by atoms with Gasteiger partial charge >= 0.3 is 5.97 Å². The van der Waals surface area contributed by atoms with Crippen LogP contribution in [0, 0.1) is 31.5 Å². The quantitative estimate of drug-likeness (QED) is 0.703. The van der Waals surface area contributed by atoms with Gasteiger partial charge in [-0.25, -0.2) is 4.39 Å². The molecular weight excluding hydrogens is 369 g/mol. The zero-order valence-electron chi connectivity index (χ0n) is 17.5. The average Bonchev–Trinajstić information content (AvgIpc) is 2.99. The third-order valence-corrected chi connectivity index (χ3v) is 6.29. The summed E-state index contributed by atoms with van der Waals surface area (Å²) in [6.45, 7) is 4.97. The average molecular weight is 397 g/mol. The fourth-order valence-corrected chi connectivity index (χ4v) is 4.83. The second-order valence-electron chi connectivity index (χ2n) is 8.52. The van der Waals surface area contributed by atoms with E-state index >= 15 is 0 Å². The Bertz CT molecular complexity index is 940. The van der Waals surface area contributed by atoms with Gasteiger partial charge in [0, 0.05) is 23.6 Å². The van der Waals surface area contributed by atoms with Crippen LogP contribution >= 0.6 is 0 Å². The monoisotopic (exact) mass is 397 g/mol. The van der Waals surface area contributed by atoms with Gasteiger partial charge in [0.2, 0.25) is 0 Å². The number of ether oxygens (including phenoxy) is 2. The van der Waals surface area contributed by atoms with Crippen LogP contribution in [0.25, 0.3) is 0 Å². The summed E-state index contributed by atoms with van der Waals surface area (Å²) in [5.74, 6) is 0.466. The van der Waals surface area contributed by atoms with Gasteiger partial charge in [-0.3, -0.25) is 4.79 Å². The number of halogens is 1. The number of esters is 1. The van der Waals surface area contributed by atoms with Crippen LogP contribution in [0.4, 0.5) is 4.39 Å². The van der Waals surface area contributed by atoms with Gasteiger partial charge in [0.15, 0.2) is 0 Å². The molecule has 3 atom stereocenters. The maximum absolute atomic E-state index is 14.0. The summed E-state index contributed by atoms with van der Waals surface area (Å²) in [5, 5.41) is 0. The van der Waals surface area contributed by atoms with E-state index in [4.69, 9.17) is 9.47 Å². The van der Waals surface area contributed by atoms with Crippen LogP contribution in [0.3, 0.4) is 0 Å². The van der Waals surface area contributed by atoms with E-state index in [-0.39, 0.29) is 36.3 Å². The normalized spacial score (nSPS) is 23.0. The Balaban J connectivity index is 1.65. The van der Waals surface area contributed by atoms with Crippen molar-refractivity contribution < 1.29 is 18.7 Å². The molecule has 0 N–H and O–H groups in total. The predicted molar refractivity (Wildman–Crippen MR) is 109 cm³/mol. The molecule has 1 saturated heterocycles. The summed E-state index contributed by atoms with van der Waals surface area (Å²) >= 11 is 0. The third-order valence-electron chi connectivity index (χ3n) is 6.29. The van der Waals surface area contributed by atoms with Crippen molar-refractivity contribution in [3.8, 4) is 5.75 Å². The predicted octanol–water partition coefficient (Wildman–Crippen LogP) is 4.36. The number of carbonyl (C=O) groups is 1. The van der Waals surface area contributed by atoms with E-state index in [9.17, 15) is 9.18 Å². The van der Waals surface area contributed by atoms with Crippen molar-refractivity contribution in [1.82, 2.24) is 4.90 Å². The smallest absolute Gasteiger partial charge is 0.311 e. The second-order valence-corrected chi connectivity index (χ2v) is 8.52. The molecule has 0 spiro atoms. The van der Waals surface area contributed by atoms with E-state index in [1.54, 1.807) is 18.2 Å². The van der Waals surface area contributed by atoms with Crippen LogP contribution in [0.2, 0.25) is 0 Å². The molecule has 2 aliphatic rings. The molecular formula is C24H28FNO3. The Morgan fingerprint density at radius 3 is 2.72 bits per heavy atom. The lowest BCUT2D eigenvalue weighted by Crippen LogP contribution is -2.31. The Morgan fingerprint density at radius 1 is 1.24 bits per heavy atom. The summed E-state index contributed by atoms with van der Waals surface area (Å²) in [6.07, 6.45) is 1.68. The molecule has 4 nitrogen and oxygen atoms in total. The highest BCUT2D eigenvalue weighted by molar-refractivity contribution is 5.76. The molecule has 0 radical (unpaired) electrons. The summed E-state index contributed by atoms with van der Waals surface area (Å²) in [4.78, 5) is 14.6.